The van der Waals surface area contributed by atoms with Gasteiger partial charge in [-0.1, -0.05) is 0 Å². The van der Waals surface area contributed by atoms with Crippen LogP contribution < -0.4 is 10.5 Å². The topological polar surface area (TPSA) is 123 Å². The molecule has 0 spiro atoms. The molecule has 0 saturated carbocycles. The summed E-state index contributed by atoms with van der Waals surface area (Å²) in [7, 11) is -4.01. The molecule has 0 bridgehead atoms. The van der Waals surface area contributed by atoms with Crippen LogP contribution in [-0.2, 0) is 16.6 Å². The van der Waals surface area contributed by atoms with Crippen LogP contribution in [0.3, 0.4) is 0 Å². The SMILES string of the molecule is Nc1ccc(C(=O)O)c(S(=O)(=O)NCc2ccco2)c1. The van der Waals surface area contributed by atoms with Crippen molar-refractivity contribution < 1.29 is 22.7 Å². The van der Waals surface area contributed by atoms with Gasteiger partial charge in [0.25, 0.3) is 0 Å². The Morgan fingerprint density at radius 2 is 2.10 bits per heavy atom. The molecule has 1 aromatic heterocycles. The Labute approximate surface area is 115 Å². The van der Waals surface area contributed by atoms with Crippen molar-refractivity contribution >= 4 is 21.7 Å². The summed E-state index contributed by atoms with van der Waals surface area (Å²) in [5, 5.41) is 9.02. The van der Waals surface area contributed by atoms with E-state index in [4.69, 9.17) is 15.3 Å². The minimum Gasteiger partial charge on any atom is -0.478 e. The summed E-state index contributed by atoms with van der Waals surface area (Å²) in [4.78, 5) is 10.7. The maximum absolute atomic E-state index is 12.1. The molecule has 0 aliphatic rings. The lowest BCUT2D eigenvalue weighted by atomic mass is 10.2. The van der Waals surface area contributed by atoms with Crippen molar-refractivity contribution in [2.24, 2.45) is 0 Å². The van der Waals surface area contributed by atoms with Crippen LogP contribution in [0, 0.1) is 0 Å². The first-order valence-electron chi connectivity index (χ1n) is 5.55. The van der Waals surface area contributed by atoms with Gasteiger partial charge in [-0.25, -0.2) is 17.9 Å². The fourth-order valence-corrected chi connectivity index (χ4v) is 2.82. The summed E-state index contributed by atoms with van der Waals surface area (Å²) >= 11 is 0. The number of carboxylic acids is 1. The second kappa shape index (κ2) is 5.35. The fourth-order valence-electron chi connectivity index (χ4n) is 1.59. The molecule has 106 valence electrons. The lowest BCUT2D eigenvalue weighted by Gasteiger charge is -2.09. The second-order valence-electron chi connectivity index (χ2n) is 3.96. The van der Waals surface area contributed by atoms with Crippen LogP contribution in [0.1, 0.15) is 16.1 Å². The Bertz CT molecular complexity index is 722. The number of hydrogen-bond donors (Lipinski definition) is 3. The standard InChI is InChI=1S/C12H12N2O5S/c13-8-3-4-10(12(15)16)11(6-8)20(17,18)14-7-9-2-1-5-19-9/h1-6,14H,7,13H2,(H,15,16). The van der Waals surface area contributed by atoms with Crippen LogP contribution in [0.2, 0.25) is 0 Å². The van der Waals surface area contributed by atoms with E-state index in [9.17, 15) is 13.2 Å². The first-order valence-corrected chi connectivity index (χ1v) is 7.03. The molecular weight excluding hydrogens is 284 g/mol. The van der Waals surface area contributed by atoms with Crippen molar-refractivity contribution in [1.29, 1.82) is 0 Å². The molecule has 4 N–H and O–H groups in total. The monoisotopic (exact) mass is 296 g/mol. The minimum atomic E-state index is -4.01. The van der Waals surface area contributed by atoms with Gasteiger partial charge in [0, 0.05) is 5.69 Å². The lowest BCUT2D eigenvalue weighted by Crippen LogP contribution is -2.25. The number of furan rings is 1. The number of nitrogens with two attached hydrogens (primary N) is 1. The predicted molar refractivity (Wildman–Crippen MR) is 70.5 cm³/mol. The third-order valence-corrected chi connectivity index (χ3v) is 3.98. The highest BCUT2D eigenvalue weighted by molar-refractivity contribution is 7.89. The Kier molecular flexibility index (Phi) is 3.77. The fraction of sp³-hybridized carbons (Fsp3) is 0.0833. The summed E-state index contributed by atoms with van der Waals surface area (Å²) in [6, 6.07) is 6.80. The number of anilines is 1. The third-order valence-electron chi connectivity index (χ3n) is 2.54. The molecule has 2 aromatic rings. The molecular formula is C12H12N2O5S. The van der Waals surface area contributed by atoms with E-state index < -0.39 is 16.0 Å². The molecule has 7 nitrogen and oxygen atoms in total. The summed E-state index contributed by atoms with van der Waals surface area (Å²) in [6.07, 6.45) is 1.41. The second-order valence-corrected chi connectivity index (χ2v) is 5.70. The summed E-state index contributed by atoms with van der Waals surface area (Å²) in [6.45, 7) is -0.0802. The van der Waals surface area contributed by atoms with E-state index >= 15 is 0 Å². The van der Waals surface area contributed by atoms with Gasteiger partial charge >= 0.3 is 5.97 Å². The van der Waals surface area contributed by atoms with Crippen molar-refractivity contribution in [3.63, 3.8) is 0 Å². The zero-order chi connectivity index (χ0) is 14.8. The van der Waals surface area contributed by atoms with Crippen LogP contribution in [0.15, 0.2) is 45.9 Å². The van der Waals surface area contributed by atoms with Gasteiger partial charge in [-0.2, -0.15) is 0 Å². The number of nitrogens with one attached hydrogen (secondary N) is 1. The predicted octanol–water partition coefficient (Wildman–Crippen LogP) is 1.04. The molecule has 8 heteroatoms. The normalized spacial score (nSPS) is 11.4. The molecule has 20 heavy (non-hydrogen) atoms. The highest BCUT2D eigenvalue weighted by Gasteiger charge is 2.22. The molecule has 0 amide bonds. The van der Waals surface area contributed by atoms with Gasteiger partial charge in [0.15, 0.2) is 0 Å². The number of aromatic carboxylic acids is 1. The molecule has 2 rings (SSSR count). The number of sulfonamides is 1. The molecule has 0 aliphatic heterocycles. The van der Waals surface area contributed by atoms with E-state index in [-0.39, 0.29) is 22.7 Å². The molecule has 0 atom stereocenters. The van der Waals surface area contributed by atoms with Gasteiger partial charge in [0.1, 0.15) is 5.76 Å². The highest BCUT2D eigenvalue weighted by Crippen LogP contribution is 2.19. The zero-order valence-corrected chi connectivity index (χ0v) is 11.1. The number of carboxylic acid groups (broad SMARTS) is 1. The maximum Gasteiger partial charge on any atom is 0.337 e. The molecule has 0 radical (unpaired) electrons. The Morgan fingerprint density at radius 1 is 1.35 bits per heavy atom. The van der Waals surface area contributed by atoms with E-state index in [1.807, 2.05) is 0 Å². The average Bonchev–Trinajstić information content (AvgIpc) is 2.89. The highest BCUT2D eigenvalue weighted by atomic mass is 32.2. The molecule has 0 aliphatic carbocycles. The van der Waals surface area contributed by atoms with Gasteiger partial charge in [-0.05, 0) is 30.3 Å². The minimum absolute atomic E-state index is 0.0802. The van der Waals surface area contributed by atoms with Crippen molar-refractivity contribution in [3.05, 3.63) is 47.9 Å². The molecule has 1 heterocycles. The number of hydrogen-bond acceptors (Lipinski definition) is 5. The largest absolute Gasteiger partial charge is 0.478 e. The van der Waals surface area contributed by atoms with Crippen molar-refractivity contribution in [3.8, 4) is 0 Å². The van der Waals surface area contributed by atoms with Crippen molar-refractivity contribution in [2.45, 2.75) is 11.4 Å². The Balaban J connectivity index is 2.33. The Hall–Kier alpha value is -2.32. The number of rotatable bonds is 5. The average molecular weight is 296 g/mol. The van der Waals surface area contributed by atoms with Crippen molar-refractivity contribution in [1.82, 2.24) is 4.72 Å². The van der Waals surface area contributed by atoms with Crippen LogP contribution >= 0.6 is 0 Å². The van der Waals surface area contributed by atoms with E-state index in [1.165, 1.54) is 12.3 Å². The maximum atomic E-state index is 12.1. The first kappa shape index (κ1) is 14.1. The van der Waals surface area contributed by atoms with E-state index in [0.717, 1.165) is 12.1 Å². The Morgan fingerprint density at radius 3 is 2.70 bits per heavy atom. The zero-order valence-electron chi connectivity index (χ0n) is 10.2. The molecule has 0 saturated heterocycles. The van der Waals surface area contributed by atoms with Gasteiger partial charge in [-0.15, -0.1) is 0 Å². The first-order chi connectivity index (χ1) is 9.40. The van der Waals surface area contributed by atoms with Gasteiger partial charge in [0.2, 0.25) is 10.0 Å². The van der Waals surface area contributed by atoms with Gasteiger partial charge in [-0.3, -0.25) is 0 Å². The molecule has 1 aromatic carbocycles. The summed E-state index contributed by atoms with van der Waals surface area (Å²) < 4.78 is 31.5. The van der Waals surface area contributed by atoms with Gasteiger partial charge in [0.05, 0.1) is 23.3 Å². The number of carbonyl (C=O) groups is 1. The smallest absolute Gasteiger partial charge is 0.337 e. The van der Waals surface area contributed by atoms with E-state index in [0.29, 0.717) is 5.76 Å². The number of nitrogen functional groups attached to an aromatic ring is 1. The third kappa shape index (κ3) is 2.98. The van der Waals surface area contributed by atoms with Crippen LogP contribution in [0.25, 0.3) is 0 Å². The van der Waals surface area contributed by atoms with Crippen molar-refractivity contribution in [2.75, 3.05) is 5.73 Å². The van der Waals surface area contributed by atoms with Crippen LogP contribution in [0.5, 0.6) is 0 Å². The van der Waals surface area contributed by atoms with E-state index in [2.05, 4.69) is 4.72 Å². The summed E-state index contributed by atoms with van der Waals surface area (Å²) in [5.74, 6) is -0.933. The van der Waals surface area contributed by atoms with Crippen LogP contribution in [-0.4, -0.2) is 19.5 Å². The van der Waals surface area contributed by atoms with E-state index in [1.54, 1.807) is 12.1 Å². The molecule has 0 unspecified atom stereocenters. The quantitative estimate of drug-likeness (QED) is 0.708. The summed E-state index contributed by atoms with van der Waals surface area (Å²) in [5.41, 5.74) is 5.33. The lowest BCUT2D eigenvalue weighted by molar-refractivity contribution is 0.0692. The van der Waals surface area contributed by atoms with Gasteiger partial charge < -0.3 is 15.3 Å². The molecule has 0 fully saturated rings. The number of benzene rings is 1. The van der Waals surface area contributed by atoms with Crippen LogP contribution in [0.4, 0.5) is 5.69 Å².